The van der Waals surface area contributed by atoms with E-state index in [1.807, 2.05) is 13.8 Å². The zero-order valence-corrected chi connectivity index (χ0v) is 12.8. The molecule has 0 aromatic rings. The van der Waals surface area contributed by atoms with E-state index in [1.54, 1.807) is 14.2 Å². The van der Waals surface area contributed by atoms with Gasteiger partial charge in [0, 0.05) is 20.1 Å². The molecule has 0 aliphatic carbocycles. The SMILES string of the molecule is COCC1OC(OC(C)C)C(OC)C(O)C1C(C)C. The van der Waals surface area contributed by atoms with Crippen molar-refractivity contribution in [3.05, 3.63) is 0 Å². The third-order valence-corrected chi connectivity index (χ3v) is 3.52. The number of rotatable bonds is 6. The third-order valence-electron chi connectivity index (χ3n) is 3.52. The monoisotopic (exact) mass is 276 g/mol. The van der Waals surface area contributed by atoms with Crippen LogP contribution in [0.3, 0.4) is 0 Å². The summed E-state index contributed by atoms with van der Waals surface area (Å²) >= 11 is 0. The molecule has 1 aliphatic heterocycles. The number of aliphatic hydroxyl groups is 1. The average Bonchev–Trinajstić information content (AvgIpc) is 2.28. The molecule has 0 saturated carbocycles. The van der Waals surface area contributed by atoms with Crippen molar-refractivity contribution >= 4 is 0 Å². The standard InChI is InChI=1S/C14H28O5/c1-8(2)11-10(7-16-5)19-14(18-9(3)4)13(17-6)12(11)15/h8-15H,7H2,1-6H3. The molecular weight excluding hydrogens is 248 g/mol. The van der Waals surface area contributed by atoms with Gasteiger partial charge in [0.05, 0.1) is 24.9 Å². The molecule has 0 spiro atoms. The molecule has 1 heterocycles. The molecular formula is C14H28O5. The largest absolute Gasteiger partial charge is 0.390 e. The topological polar surface area (TPSA) is 57.2 Å². The average molecular weight is 276 g/mol. The Kier molecular flexibility index (Phi) is 6.69. The van der Waals surface area contributed by atoms with Gasteiger partial charge < -0.3 is 24.1 Å². The molecule has 114 valence electrons. The lowest BCUT2D eigenvalue weighted by atomic mass is 9.81. The van der Waals surface area contributed by atoms with E-state index in [4.69, 9.17) is 18.9 Å². The summed E-state index contributed by atoms with van der Waals surface area (Å²) in [6.07, 6.45) is -1.83. The van der Waals surface area contributed by atoms with Crippen molar-refractivity contribution < 1.29 is 24.1 Å². The number of ether oxygens (including phenoxy) is 4. The predicted molar refractivity (Wildman–Crippen MR) is 71.9 cm³/mol. The third kappa shape index (κ3) is 4.13. The Morgan fingerprint density at radius 2 is 1.79 bits per heavy atom. The second kappa shape index (κ2) is 7.55. The van der Waals surface area contributed by atoms with Crippen molar-refractivity contribution in [1.29, 1.82) is 0 Å². The van der Waals surface area contributed by atoms with Crippen molar-refractivity contribution in [2.75, 3.05) is 20.8 Å². The van der Waals surface area contributed by atoms with Gasteiger partial charge in [-0.1, -0.05) is 13.8 Å². The normalized spacial score (nSPS) is 36.2. The van der Waals surface area contributed by atoms with E-state index in [0.29, 0.717) is 6.61 Å². The Morgan fingerprint density at radius 3 is 2.21 bits per heavy atom. The van der Waals surface area contributed by atoms with E-state index in [9.17, 15) is 5.11 Å². The molecule has 1 rings (SSSR count). The summed E-state index contributed by atoms with van der Waals surface area (Å²) in [4.78, 5) is 0. The number of aliphatic hydroxyl groups excluding tert-OH is 1. The molecule has 5 nitrogen and oxygen atoms in total. The first-order chi connectivity index (χ1) is 8.92. The van der Waals surface area contributed by atoms with Crippen LogP contribution < -0.4 is 0 Å². The van der Waals surface area contributed by atoms with E-state index in [2.05, 4.69) is 13.8 Å². The maximum atomic E-state index is 10.5. The van der Waals surface area contributed by atoms with Crippen LogP contribution in [-0.4, -0.2) is 56.6 Å². The summed E-state index contributed by atoms with van der Waals surface area (Å²) < 4.78 is 22.2. The van der Waals surface area contributed by atoms with E-state index in [0.717, 1.165) is 0 Å². The van der Waals surface area contributed by atoms with Gasteiger partial charge in [0.2, 0.25) is 0 Å². The first-order valence-electron chi connectivity index (χ1n) is 6.93. The van der Waals surface area contributed by atoms with E-state index >= 15 is 0 Å². The Balaban J connectivity index is 2.88. The molecule has 0 radical (unpaired) electrons. The Bertz CT molecular complexity index is 252. The van der Waals surface area contributed by atoms with Gasteiger partial charge in [-0.3, -0.25) is 0 Å². The second-order valence-electron chi connectivity index (χ2n) is 5.70. The molecule has 1 N–H and O–H groups in total. The number of hydrogen-bond acceptors (Lipinski definition) is 5. The van der Waals surface area contributed by atoms with Crippen LogP contribution in [0.2, 0.25) is 0 Å². The molecule has 5 atom stereocenters. The fourth-order valence-corrected chi connectivity index (χ4v) is 2.71. The van der Waals surface area contributed by atoms with Crippen molar-refractivity contribution in [2.45, 2.75) is 58.4 Å². The van der Waals surface area contributed by atoms with Gasteiger partial charge in [0.25, 0.3) is 0 Å². The minimum atomic E-state index is -0.623. The molecule has 0 bridgehead atoms. The summed E-state index contributed by atoms with van der Waals surface area (Å²) in [6, 6.07) is 0. The Labute approximate surface area is 116 Å². The molecule has 1 aliphatic rings. The summed E-state index contributed by atoms with van der Waals surface area (Å²) in [6.45, 7) is 8.44. The van der Waals surface area contributed by atoms with Gasteiger partial charge in [0.1, 0.15) is 6.10 Å². The van der Waals surface area contributed by atoms with E-state index in [1.165, 1.54) is 0 Å². The lowest BCUT2D eigenvalue weighted by Gasteiger charge is -2.45. The molecule has 5 heteroatoms. The highest BCUT2D eigenvalue weighted by molar-refractivity contribution is 4.91. The van der Waals surface area contributed by atoms with Crippen LogP contribution in [0.5, 0.6) is 0 Å². The smallest absolute Gasteiger partial charge is 0.186 e. The summed E-state index contributed by atoms with van der Waals surface area (Å²) in [5.74, 6) is 0.240. The fraction of sp³-hybridized carbons (Fsp3) is 1.00. The summed E-state index contributed by atoms with van der Waals surface area (Å²) in [7, 11) is 3.20. The van der Waals surface area contributed by atoms with Crippen LogP contribution in [-0.2, 0) is 18.9 Å². The summed E-state index contributed by atoms with van der Waals surface area (Å²) in [5.41, 5.74) is 0. The first kappa shape index (κ1) is 16.9. The quantitative estimate of drug-likeness (QED) is 0.795. The van der Waals surface area contributed by atoms with Crippen LogP contribution in [0.25, 0.3) is 0 Å². The zero-order chi connectivity index (χ0) is 14.6. The Morgan fingerprint density at radius 1 is 1.16 bits per heavy atom. The van der Waals surface area contributed by atoms with Crippen LogP contribution in [0.1, 0.15) is 27.7 Å². The van der Waals surface area contributed by atoms with Gasteiger partial charge in [0.15, 0.2) is 6.29 Å². The van der Waals surface area contributed by atoms with Gasteiger partial charge in [-0.05, 0) is 19.8 Å². The highest BCUT2D eigenvalue weighted by atomic mass is 16.7. The van der Waals surface area contributed by atoms with Crippen LogP contribution in [0, 0.1) is 11.8 Å². The van der Waals surface area contributed by atoms with Gasteiger partial charge in [-0.25, -0.2) is 0 Å². The van der Waals surface area contributed by atoms with E-state index in [-0.39, 0.29) is 24.0 Å². The van der Waals surface area contributed by atoms with Crippen molar-refractivity contribution in [3.63, 3.8) is 0 Å². The second-order valence-corrected chi connectivity index (χ2v) is 5.70. The van der Waals surface area contributed by atoms with Gasteiger partial charge >= 0.3 is 0 Å². The molecule has 5 unspecified atom stereocenters. The Hall–Kier alpha value is -0.200. The highest BCUT2D eigenvalue weighted by Crippen LogP contribution is 2.33. The van der Waals surface area contributed by atoms with Gasteiger partial charge in [-0.15, -0.1) is 0 Å². The first-order valence-corrected chi connectivity index (χ1v) is 6.93. The lowest BCUT2D eigenvalue weighted by Crippen LogP contribution is -2.58. The highest BCUT2D eigenvalue weighted by Gasteiger charge is 2.47. The fourth-order valence-electron chi connectivity index (χ4n) is 2.71. The maximum absolute atomic E-state index is 10.5. The van der Waals surface area contributed by atoms with Crippen molar-refractivity contribution in [2.24, 2.45) is 11.8 Å². The zero-order valence-electron chi connectivity index (χ0n) is 12.8. The molecule has 19 heavy (non-hydrogen) atoms. The molecule has 1 fully saturated rings. The number of methoxy groups -OCH3 is 2. The maximum Gasteiger partial charge on any atom is 0.186 e. The lowest BCUT2D eigenvalue weighted by molar-refractivity contribution is -0.308. The van der Waals surface area contributed by atoms with Crippen molar-refractivity contribution in [3.8, 4) is 0 Å². The molecule has 0 aromatic heterocycles. The van der Waals surface area contributed by atoms with Crippen LogP contribution in [0.15, 0.2) is 0 Å². The van der Waals surface area contributed by atoms with Crippen molar-refractivity contribution in [1.82, 2.24) is 0 Å². The number of hydrogen-bond donors (Lipinski definition) is 1. The minimum absolute atomic E-state index is 0.00800. The predicted octanol–water partition coefficient (Wildman–Crippen LogP) is 1.43. The molecule has 1 saturated heterocycles. The van der Waals surface area contributed by atoms with Gasteiger partial charge in [-0.2, -0.15) is 0 Å². The summed E-state index contributed by atoms with van der Waals surface area (Å²) in [5, 5.41) is 10.5. The van der Waals surface area contributed by atoms with E-state index < -0.39 is 18.5 Å². The van der Waals surface area contributed by atoms with Crippen LogP contribution >= 0.6 is 0 Å². The molecule has 0 amide bonds. The molecule has 0 aromatic carbocycles. The minimum Gasteiger partial charge on any atom is -0.390 e. The van der Waals surface area contributed by atoms with Crippen LogP contribution in [0.4, 0.5) is 0 Å².